The summed E-state index contributed by atoms with van der Waals surface area (Å²) in [5.74, 6) is 0. The number of para-hydroxylation sites is 2. The highest BCUT2D eigenvalue weighted by Crippen LogP contribution is 2.64. The zero-order valence-electron chi connectivity index (χ0n) is 38.8. The molecular formula is C63H48N2O2. The molecule has 0 saturated heterocycles. The van der Waals surface area contributed by atoms with E-state index in [4.69, 9.17) is 8.83 Å². The maximum Gasteiger partial charge on any atom is 0.144 e. The fraction of sp³-hybridized carbons (Fsp3) is 0.159. The molecule has 0 bridgehead atoms. The average molecular weight is 865 g/mol. The standard InChI is InChI=1S/C63H48N2O2/c1-35-20-22-37(23-21-35)65(38-24-26-41-47(32-38)61(2,3)49-34-45(36-28-30-64-31-29-36)59-54(52(41)49)43-15-9-12-18-50(43)66-59)39-25-27-42-48(33-39)63(6,7)57-53(42)55-44-16-10-13-19-51(44)67-60(55)56-40-14-8-11-17-46(40)62(4,5)58(56)57/h8-34H,1-7H3. The maximum absolute atomic E-state index is 6.97. The van der Waals surface area contributed by atoms with Crippen molar-refractivity contribution in [2.75, 3.05) is 4.90 Å². The second kappa shape index (κ2) is 13.0. The molecule has 0 atom stereocenters. The van der Waals surface area contributed by atoms with Gasteiger partial charge in [0.25, 0.3) is 0 Å². The van der Waals surface area contributed by atoms with Gasteiger partial charge in [0.05, 0.1) is 0 Å². The quantitative estimate of drug-likeness (QED) is 0.177. The Kier molecular flexibility index (Phi) is 7.49. The summed E-state index contributed by atoms with van der Waals surface area (Å²) >= 11 is 0. The van der Waals surface area contributed by atoms with Crippen LogP contribution in [0, 0.1) is 6.92 Å². The van der Waals surface area contributed by atoms with Gasteiger partial charge in [-0.3, -0.25) is 4.98 Å². The Labute approximate surface area is 390 Å². The monoisotopic (exact) mass is 864 g/mol. The van der Waals surface area contributed by atoms with E-state index >= 15 is 0 Å². The molecule has 0 unspecified atom stereocenters. The Morgan fingerprint density at radius 1 is 0.418 bits per heavy atom. The van der Waals surface area contributed by atoms with Gasteiger partial charge < -0.3 is 13.7 Å². The Morgan fingerprint density at radius 2 is 0.940 bits per heavy atom. The van der Waals surface area contributed by atoms with Crippen LogP contribution in [0.5, 0.6) is 0 Å². The van der Waals surface area contributed by atoms with Gasteiger partial charge in [0.2, 0.25) is 0 Å². The van der Waals surface area contributed by atoms with Crippen LogP contribution in [0.15, 0.2) is 173 Å². The number of rotatable bonds is 4. The zero-order valence-corrected chi connectivity index (χ0v) is 38.8. The Bertz CT molecular complexity index is 3960. The van der Waals surface area contributed by atoms with Crippen LogP contribution < -0.4 is 4.90 Å². The third-order valence-electron chi connectivity index (χ3n) is 16.0. The minimum atomic E-state index is -0.317. The molecule has 3 aliphatic carbocycles. The molecule has 0 N–H and O–H groups in total. The van der Waals surface area contributed by atoms with Crippen molar-refractivity contribution < 1.29 is 8.83 Å². The number of benzene rings is 8. The van der Waals surface area contributed by atoms with E-state index in [1.165, 1.54) is 88.5 Å². The average Bonchev–Trinajstić information content (AvgIpc) is 4.09. The van der Waals surface area contributed by atoms with Crippen molar-refractivity contribution in [3.63, 3.8) is 0 Å². The second-order valence-corrected chi connectivity index (χ2v) is 20.7. The smallest absolute Gasteiger partial charge is 0.144 e. The van der Waals surface area contributed by atoms with E-state index in [2.05, 4.69) is 210 Å². The summed E-state index contributed by atoms with van der Waals surface area (Å²) in [4.78, 5) is 6.82. The van der Waals surface area contributed by atoms with Crippen LogP contribution in [-0.2, 0) is 16.2 Å². The Morgan fingerprint density at radius 3 is 1.63 bits per heavy atom. The van der Waals surface area contributed by atoms with E-state index in [1.807, 2.05) is 12.4 Å². The third kappa shape index (κ3) is 4.95. The van der Waals surface area contributed by atoms with Crippen molar-refractivity contribution in [2.45, 2.75) is 64.7 Å². The molecule has 4 nitrogen and oxygen atoms in total. The molecule has 14 rings (SSSR count). The van der Waals surface area contributed by atoms with Gasteiger partial charge in [0.15, 0.2) is 0 Å². The highest BCUT2D eigenvalue weighted by atomic mass is 16.3. The van der Waals surface area contributed by atoms with Crippen LogP contribution in [0.4, 0.5) is 17.1 Å². The van der Waals surface area contributed by atoms with Gasteiger partial charge in [-0.25, -0.2) is 0 Å². The first kappa shape index (κ1) is 38.6. The van der Waals surface area contributed by atoms with E-state index in [0.29, 0.717) is 0 Å². The van der Waals surface area contributed by atoms with E-state index in [1.54, 1.807) is 0 Å². The normalized spacial score (nSPS) is 15.4. The van der Waals surface area contributed by atoms with Crippen LogP contribution >= 0.6 is 0 Å². The van der Waals surface area contributed by atoms with Gasteiger partial charge in [-0.15, -0.1) is 0 Å². The molecule has 0 spiro atoms. The molecule has 4 heteroatoms. The predicted molar refractivity (Wildman–Crippen MR) is 276 cm³/mol. The van der Waals surface area contributed by atoms with Gasteiger partial charge in [-0.1, -0.05) is 132 Å². The predicted octanol–water partition coefficient (Wildman–Crippen LogP) is 17.2. The summed E-state index contributed by atoms with van der Waals surface area (Å²) in [5, 5.41) is 4.70. The molecule has 0 fully saturated rings. The molecule has 67 heavy (non-hydrogen) atoms. The summed E-state index contributed by atoms with van der Waals surface area (Å²) in [6.45, 7) is 16.6. The highest BCUT2D eigenvalue weighted by molar-refractivity contribution is 6.21. The van der Waals surface area contributed by atoms with Gasteiger partial charge in [0.1, 0.15) is 22.3 Å². The van der Waals surface area contributed by atoms with E-state index in [9.17, 15) is 0 Å². The number of furan rings is 2. The minimum Gasteiger partial charge on any atom is -0.455 e. The second-order valence-electron chi connectivity index (χ2n) is 20.7. The van der Waals surface area contributed by atoms with E-state index in [-0.39, 0.29) is 16.2 Å². The third-order valence-corrected chi connectivity index (χ3v) is 16.0. The van der Waals surface area contributed by atoms with E-state index in [0.717, 1.165) is 55.9 Å². The van der Waals surface area contributed by atoms with Crippen LogP contribution in [0.25, 0.3) is 88.4 Å². The van der Waals surface area contributed by atoms with Crippen molar-refractivity contribution >= 4 is 60.9 Å². The van der Waals surface area contributed by atoms with Crippen LogP contribution in [0.3, 0.4) is 0 Å². The lowest BCUT2D eigenvalue weighted by Gasteiger charge is -2.32. The molecule has 0 aliphatic heterocycles. The lowest BCUT2D eigenvalue weighted by molar-refractivity contribution is 0.600. The van der Waals surface area contributed by atoms with Crippen molar-refractivity contribution in [2.24, 2.45) is 0 Å². The molecule has 8 aromatic carbocycles. The van der Waals surface area contributed by atoms with Crippen LogP contribution in [0.1, 0.15) is 80.5 Å². The summed E-state index contributed by atoms with van der Waals surface area (Å²) in [5.41, 5.74) is 25.4. The van der Waals surface area contributed by atoms with Gasteiger partial charge in [-0.05, 0) is 140 Å². The first-order valence-electron chi connectivity index (χ1n) is 23.6. The molecular weight excluding hydrogens is 817 g/mol. The summed E-state index contributed by atoms with van der Waals surface area (Å²) < 4.78 is 13.7. The molecule has 3 aliphatic rings. The number of aromatic nitrogens is 1. The van der Waals surface area contributed by atoms with Crippen molar-refractivity contribution in [3.8, 4) is 44.5 Å². The molecule has 322 valence electrons. The van der Waals surface area contributed by atoms with Gasteiger partial charge >= 0.3 is 0 Å². The zero-order chi connectivity index (χ0) is 45.3. The molecule has 0 saturated carbocycles. The number of fused-ring (bicyclic) bond motifs is 19. The Hall–Kier alpha value is -7.69. The Balaban J connectivity index is 0.988. The largest absolute Gasteiger partial charge is 0.455 e. The number of anilines is 3. The molecule has 0 radical (unpaired) electrons. The molecule has 3 heterocycles. The number of aryl methyl sites for hydroxylation is 1. The molecule has 0 amide bonds. The van der Waals surface area contributed by atoms with Gasteiger partial charge in [-0.2, -0.15) is 0 Å². The first-order chi connectivity index (χ1) is 32.4. The lowest BCUT2D eigenvalue weighted by atomic mass is 9.72. The summed E-state index contributed by atoms with van der Waals surface area (Å²) in [6.07, 6.45) is 3.74. The fourth-order valence-electron chi connectivity index (χ4n) is 12.8. The SMILES string of the molecule is Cc1ccc(N(c2ccc3c(c2)C(C)(C)c2cc(-c4ccncc4)c4oc5ccccc5c4c2-3)c2ccc3c(c2)C(C)(C)c2c4c(c5oc6ccccc6c5c2-3)-c2ccccc2C4(C)C)cc1. The van der Waals surface area contributed by atoms with Crippen LogP contribution in [-0.4, -0.2) is 4.98 Å². The number of pyridine rings is 1. The van der Waals surface area contributed by atoms with E-state index < -0.39 is 0 Å². The minimum absolute atomic E-state index is 0.221. The topological polar surface area (TPSA) is 42.4 Å². The number of hydrogen-bond acceptors (Lipinski definition) is 4. The summed E-state index contributed by atoms with van der Waals surface area (Å²) in [6, 6.07) is 56.0. The lowest BCUT2D eigenvalue weighted by Crippen LogP contribution is -2.24. The van der Waals surface area contributed by atoms with Crippen LogP contribution in [0.2, 0.25) is 0 Å². The maximum atomic E-state index is 6.97. The fourth-order valence-corrected chi connectivity index (χ4v) is 12.8. The van der Waals surface area contributed by atoms with Crippen molar-refractivity contribution in [3.05, 3.63) is 203 Å². The van der Waals surface area contributed by atoms with Crippen molar-refractivity contribution in [1.82, 2.24) is 4.98 Å². The highest BCUT2D eigenvalue weighted by Gasteiger charge is 2.49. The molecule has 11 aromatic rings. The number of nitrogens with zero attached hydrogens (tertiary/aromatic N) is 2. The summed E-state index contributed by atoms with van der Waals surface area (Å²) in [7, 11) is 0. The van der Waals surface area contributed by atoms with Crippen molar-refractivity contribution in [1.29, 1.82) is 0 Å². The van der Waals surface area contributed by atoms with Gasteiger partial charge in [0, 0.05) is 78.4 Å². The number of hydrogen-bond donors (Lipinski definition) is 0. The first-order valence-corrected chi connectivity index (χ1v) is 23.6. The molecule has 3 aromatic heterocycles.